The van der Waals surface area contributed by atoms with E-state index in [1.54, 1.807) is 12.1 Å². The summed E-state index contributed by atoms with van der Waals surface area (Å²) in [7, 11) is -3.28. The number of benzene rings is 1. The van der Waals surface area contributed by atoms with Crippen LogP contribution in [0.25, 0.3) is 0 Å². The summed E-state index contributed by atoms with van der Waals surface area (Å²) >= 11 is 1.30. The van der Waals surface area contributed by atoms with Gasteiger partial charge in [-0.15, -0.1) is 11.3 Å². The van der Waals surface area contributed by atoms with Crippen molar-refractivity contribution < 1.29 is 8.42 Å². The lowest BCUT2D eigenvalue weighted by molar-refractivity contribution is 0.518. The minimum Gasteiger partial charge on any atom is -0.309 e. The molecule has 2 aromatic rings. The quantitative estimate of drug-likeness (QED) is 0.945. The normalized spacial score (nSPS) is 21.9. The molecule has 0 saturated carbocycles. The largest absolute Gasteiger partial charge is 0.309 e. The van der Waals surface area contributed by atoms with E-state index in [2.05, 4.69) is 5.32 Å². The lowest BCUT2D eigenvalue weighted by Gasteiger charge is -2.21. The van der Waals surface area contributed by atoms with Crippen LogP contribution in [0.4, 0.5) is 0 Å². The molecule has 2 unspecified atom stereocenters. The van der Waals surface area contributed by atoms with E-state index in [0.29, 0.717) is 10.6 Å². The summed E-state index contributed by atoms with van der Waals surface area (Å²) in [6, 6.07) is 11.4. The van der Waals surface area contributed by atoms with Crippen molar-refractivity contribution in [3.05, 3.63) is 52.9 Å². The van der Waals surface area contributed by atoms with Crippen LogP contribution < -0.4 is 5.32 Å². The van der Waals surface area contributed by atoms with Gasteiger partial charge in [0.1, 0.15) is 4.21 Å². The van der Waals surface area contributed by atoms with Crippen LogP contribution in [0.5, 0.6) is 0 Å². The fourth-order valence-electron chi connectivity index (χ4n) is 2.88. The Labute approximate surface area is 123 Å². The monoisotopic (exact) mass is 307 g/mol. The Bertz CT molecular complexity index is 692. The maximum atomic E-state index is 12.8. The summed E-state index contributed by atoms with van der Waals surface area (Å²) in [6.07, 6.45) is 0.591. The summed E-state index contributed by atoms with van der Waals surface area (Å²) in [6.45, 7) is 2.77. The van der Waals surface area contributed by atoms with Gasteiger partial charge in [-0.1, -0.05) is 37.3 Å². The van der Waals surface area contributed by atoms with Crippen molar-refractivity contribution in [1.29, 1.82) is 0 Å². The first kappa shape index (κ1) is 13.8. The highest BCUT2D eigenvalue weighted by Crippen LogP contribution is 2.38. The highest BCUT2D eigenvalue weighted by atomic mass is 32.2. The Hall–Kier alpha value is -1.17. The Morgan fingerprint density at radius 1 is 1.25 bits per heavy atom. The highest BCUT2D eigenvalue weighted by molar-refractivity contribution is 7.94. The van der Waals surface area contributed by atoms with Gasteiger partial charge in [-0.25, -0.2) is 8.42 Å². The van der Waals surface area contributed by atoms with Gasteiger partial charge in [0.2, 0.25) is 0 Å². The molecule has 1 aromatic heterocycles. The number of sulfone groups is 1. The van der Waals surface area contributed by atoms with Crippen LogP contribution in [0.1, 0.15) is 24.1 Å². The molecule has 0 amide bonds. The number of hydrogen-bond acceptors (Lipinski definition) is 4. The molecule has 0 saturated heterocycles. The minimum absolute atomic E-state index is 0.108. The van der Waals surface area contributed by atoms with Gasteiger partial charge in [0.15, 0.2) is 9.84 Å². The third-order valence-electron chi connectivity index (χ3n) is 3.78. The lowest BCUT2D eigenvalue weighted by atomic mass is 10.1. The first-order chi connectivity index (χ1) is 9.64. The Morgan fingerprint density at radius 2 is 2.05 bits per heavy atom. The second-order valence-corrected chi connectivity index (χ2v) is 8.30. The fraction of sp³-hybridized carbons (Fsp3) is 0.333. The molecule has 1 aliphatic rings. The molecule has 1 N–H and O–H groups in total. The second-order valence-electron chi connectivity index (χ2n) is 4.95. The highest BCUT2D eigenvalue weighted by Gasteiger charge is 2.41. The maximum absolute atomic E-state index is 12.8. The van der Waals surface area contributed by atoms with Crippen LogP contribution in [0.15, 0.2) is 46.0 Å². The zero-order valence-corrected chi connectivity index (χ0v) is 12.9. The van der Waals surface area contributed by atoms with Crippen molar-refractivity contribution in [3.8, 4) is 0 Å². The maximum Gasteiger partial charge on any atom is 0.192 e. The molecule has 20 heavy (non-hydrogen) atoms. The lowest BCUT2D eigenvalue weighted by Crippen LogP contribution is -2.34. The number of fused-ring (bicyclic) bond motifs is 1. The second kappa shape index (κ2) is 5.31. The van der Waals surface area contributed by atoms with Gasteiger partial charge >= 0.3 is 0 Å². The Kier molecular flexibility index (Phi) is 3.67. The van der Waals surface area contributed by atoms with Crippen molar-refractivity contribution in [2.24, 2.45) is 0 Å². The van der Waals surface area contributed by atoms with E-state index in [1.165, 1.54) is 11.3 Å². The molecule has 0 aliphatic heterocycles. The van der Waals surface area contributed by atoms with Crippen LogP contribution in [0.3, 0.4) is 0 Å². The molecular weight excluding hydrogens is 290 g/mol. The van der Waals surface area contributed by atoms with Gasteiger partial charge in [0, 0.05) is 6.04 Å². The first-order valence-electron chi connectivity index (χ1n) is 6.73. The van der Waals surface area contributed by atoms with Crippen LogP contribution in [-0.4, -0.2) is 20.2 Å². The predicted molar refractivity (Wildman–Crippen MR) is 81.9 cm³/mol. The predicted octanol–water partition coefficient (Wildman–Crippen LogP) is 2.80. The molecule has 5 heteroatoms. The van der Waals surface area contributed by atoms with Gasteiger partial charge in [-0.2, -0.15) is 0 Å². The van der Waals surface area contributed by atoms with Gasteiger partial charge < -0.3 is 5.32 Å². The zero-order chi connectivity index (χ0) is 14.2. The molecule has 3 rings (SSSR count). The molecule has 1 heterocycles. The van der Waals surface area contributed by atoms with Crippen molar-refractivity contribution in [2.45, 2.75) is 28.8 Å². The van der Waals surface area contributed by atoms with Crippen LogP contribution in [0.2, 0.25) is 0 Å². The van der Waals surface area contributed by atoms with Crippen LogP contribution >= 0.6 is 11.3 Å². The van der Waals surface area contributed by atoms with E-state index in [9.17, 15) is 8.42 Å². The Morgan fingerprint density at radius 3 is 2.75 bits per heavy atom. The Balaban J connectivity index is 2.03. The van der Waals surface area contributed by atoms with E-state index in [0.717, 1.165) is 17.7 Å². The molecule has 1 aromatic carbocycles. The summed E-state index contributed by atoms with van der Waals surface area (Å²) in [5.41, 5.74) is 2.27. The van der Waals surface area contributed by atoms with Gasteiger partial charge in [-0.3, -0.25) is 0 Å². The molecular formula is C15H17NO2S2. The van der Waals surface area contributed by atoms with Crippen molar-refractivity contribution in [2.75, 3.05) is 6.54 Å². The third-order valence-corrected chi connectivity index (χ3v) is 7.36. The topological polar surface area (TPSA) is 46.2 Å². The minimum atomic E-state index is -3.28. The van der Waals surface area contributed by atoms with Crippen LogP contribution in [0, 0.1) is 0 Å². The van der Waals surface area contributed by atoms with Crippen molar-refractivity contribution in [1.82, 2.24) is 5.32 Å². The molecule has 0 bridgehead atoms. The first-order valence-corrected chi connectivity index (χ1v) is 9.15. The fourth-order valence-corrected chi connectivity index (χ4v) is 5.97. The van der Waals surface area contributed by atoms with E-state index in [-0.39, 0.29) is 6.04 Å². The average Bonchev–Trinajstić information content (AvgIpc) is 3.07. The number of hydrogen-bond donors (Lipinski definition) is 1. The molecule has 3 nitrogen and oxygen atoms in total. The summed E-state index contributed by atoms with van der Waals surface area (Å²) < 4.78 is 26.1. The van der Waals surface area contributed by atoms with Gasteiger partial charge in [0.25, 0.3) is 0 Å². The number of nitrogens with one attached hydrogen (secondary N) is 1. The molecule has 0 fully saturated rings. The molecule has 2 atom stereocenters. The molecule has 0 spiro atoms. The smallest absolute Gasteiger partial charge is 0.192 e. The SMILES string of the molecule is CCNC1c2ccccc2CC1S(=O)(=O)c1cccs1. The standard InChI is InChI=1S/C15H17NO2S2/c1-2-16-15-12-7-4-3-6-11(12)10-13(15)20(17,18)14-8-5-9-19-14/h3-9,13,15-16H,2,10H2,1H3. The zero-order valence-electron chi connectivity index (χ0n) is 11.2. The van der Waals surface area contributed by atoms with Gasteiger partial charge in [-0.05, 0) is 35.5 Å². The third kappa shape index (κ3) is 2.20. The molecule has 1 aliphatic carbocycles. The van der Waals surface area contributed by atoms with Gasteiger partial charge in [0.05, 0.1) is 5.25 Å². The van der Waals surface area contributed by atoms with Crippen LogP contribution in [-0.2, 0) is 16.3 Å². The molecule has 0 radical (unpaired) electrons. The van der Waals surface area contributed by atoms with E-state index in [1.807, 2.05) is 36.6 Å². The number of rotatable bonds is 4. The van der Waals surface area contributed by atoms with E-state index < -0.39 is 15.1 Å². The summed E-state index contributed by atoms with van der Waals surface area (Å²) in [5, 5.41) is 4.76. The van der Waals surface area contributed by atoms with Crippen molar-refractivity contribution >= 4 is 21.2 Å². The van der Waals surface area contributed by atoms with E-state index in [4.69, 9.17) is 0 Å². The number of thiophene rings is 1. The van der Waals surface area contributed by atoms with Crippen molar-refractivity contribution in [3.63, 3.8) is 0 Å². The summed E-state index contributed by atoms with van der Waals surface area (Å²) in [5.74, 6) is 0. The molecule has 106 valence electrons. The van der Waals surface area contributed by atoms with E-state index >= 15 is 0 Å². The summed E-state index contributed by atoms with van der Waals surface area (Å²) in [4.78, 5) is 0. The average molecular weight is 307 g/mol.